The van der Waals surface area contributed by atoms with E-state index in [1.807, 2.05) is 0 Å². The molecule has 0 amide bonds. The SMILES string of the molecule is Cc1ccc(C[C@H](N)[C@H]2c3[nH]c4ccc(Br)cc4c3CCN2C)cc1. The molecule has 25 heavy (non-hydrogen) atoms. The van der Waals surface area contributed by atoms with Crippen molar-refractivity contribution >= 4 is 26.8 Å². The number of aromatic nitrogens is 1. The molecule has 0 unspecified atom stereocenters. The van der Waals surface area contributed by atoms with E-state index in [4.69, 9.17) is 5.73 Å². The fraction of sp³-hybridized carbons (Fsp3) is 0.333. The zero-order chi connectivity index (χ0) is 17.6. The van der Waals surface area contributed by atoms with Crippen molar-refractivity contribution in [1.29, 1.82) is 0 Å². The summed E-state index contributed by atoms with van der Waals surface area (Å²) in [5.41, 5.74) is 13.2. The lowest BCUT2D eigenvalue weighted by molar-refractivity contribution is 0.195. The van der Waals surface area contributed by atoms with Crippen LogP contribution in [0.25, 0.3) is 10.9 Å². The fourth-order valence-corrected chi connectivity index (χ4v) is 4.42. The Bertz CT molecular complexity index is 897. The van der Waals surface area contributed by atoms with Gasteiger partial charge in [0.15, 0.2) is 0 Å². The van der Waals surface area contributed by atoms with Crippen molar-refractivity contribution in [2.45, 2.75) is 31.8 Å². The van der Waals surface area contributed by atoms with Gasteiger partial charge in [-0.2, -0.15) is 0 Å². The number of H-pyrrole nitrogens is 1. The van der Waals surface area contributed by atoms with E-state index in [0.29, 0.717) is 0 Å². The first kappa shape index (κ1) is 16.8. The van der Waals surface area contributed by atoms with Crippen molar-refractivity contribution in [2.75, 3.05) is 13.6 Å². The predicted octanol–water partition coefficient (Wildman–Crippen LogP) is 4.34. The summed E-state index contributed by atoms with van der Waals surface area (Å²) >= 11 is 3.60. The van der Waals surface area contributed by atoms with Crippen LogP contribution in [0.15, 0.2) is 46.9 Å². The van der Waals surface area contributed by atoms with Gasteiger partial charge in [0, 0.05) is 33.7 Å². The second-order valence-corrected chi connectivity index (χ2v) is 8.15. The second-order valence-electron chi connectivity index (χ2n) is 7.24. The fourth-order valence-electron chi connectivity index (χ4n) is 4.06. The Hall–Kier alpha value is -1.62. The number of nitrogens with one attached hydrogen (secondary N) is 1. The van der Waals surface area contributed by atoms with Crippen LogP contribution >= 0.6 is 15.9 Å². The van der Waals surface area contributed by atoms with Crippen LogP contribution in [-0.4, -0.2) is 29.5 Å². The molecular weight excluding hydrogens is 374 g/mol. The van der Waals surface area contributed by atoms with Gasteiger partial charge in [0.05, 0.1) is 6.04 Å². The van der Waals surface area contributed by atoms with Gasteiger partial charge in [-0.1, -0.05) is 45.8 Å². The quantitative estimate of drug-likeness (QED) is 0.690. The largest absolute Gasteiger partial charge is 0.357 e. The molecule has 0 spiro atoms. The molecule has 4 rings (SSSR count). The van der Waals surface area contributed by atoms with Gasteiger partial charge in [0.1, 0.15) is 0 Å². The highest BCUT2D eigenvalue weighted by Gasteiger charge is 2.32. The van der Waals surface area contributed by atoms with E-state index in [0.717, 1.165) is 23.9 Å². The molecule has 1 aliphatic rings. The van der Waals surface area contributed by atoms with Crippen LogP contribution in [0.1, 0.15) is 28.4 Å². The first-order valence-electron chi connectivity index (χ1n) is 8.84. The summed E-state index contributed by atoms with van der Waals surface area (Å²) in [6.07, 6.45) is 1.95. The molecule has 3 N–H and O–H groups in total. The molecule has 130 valence electrons. The van der Waals surface area contributed by atoms with Crippen LogP contribution in [0.4, 0.5) is 0 Å². The van der Waals surface area contributed by atoms with E-state index in [1.54, 1.807) is 0 Å². The minimum Gasteiger partial charge on any atom is -0.357 e. The van der Waals surface area contributed by atoms with Crippen molar-refractivity contribution in [1.82, 2.24) is 9.88 Å². The molecule has 0 bridgehead atoms. The third-order valence-electron chi connectivity index (χ3n) is 5.38. The van der Waals surface area contributed by atoms with E-state index < -0.39 is 0 Å². The number of rotatable bonds is 3. The van der Waals surface area contributed by atoms with Crippen molar-refractivity contribution in [2.24, 2.45) is 5.73 Å². The number of benzene rings is 2. The molecule has 1 aromatic heterocycles. The monoisotopic (exact) mass is 397 g/mol. The minimum atomic E-state index is 0.0586. The van der Waals surface area contributed by atoms with Crippen LogP contribution in [0.2, 0.25) is 0 Å². The normalized spacial score (nSPS) is 19.1. The topological polar surface area (TPSA) is 45.1 Å². The Kier molecular flexibility index (Phi) is 4.44. The molecule has 0 aliphatic carbocycles. The van der Waals surface area contributed by atoms with E-state index >= 15 is 0 Å². The molecule has 3 nitrogen and oxygen atoms in total. The molecular formula is C21H24BrN3. The number of fused-ring (bicyclic) bond motifs is 3. The summed E-state index contributed by atoms with van der Waals surface area (Å²) < 4.78 is 1.13. The Labute approximate surface area is 157 Å². The van der Waals surface area contributed by atoms with E-state index in [-0.39, 0.29) is 12.1 Å². The number of hydrogen-bond acceptors (Lipinski definition) is 2. The van der Waals surface area contributed by atoms with Crippen molar-refractivity contribution in [3.05, 3.63) is 69.3 Å². The lowest BCUT2D eigenvalue weighted by Gasteiger charge is -2.36. The maximum atomic E-state index is 6.70. The number of aromatic amines is 1. The maximum absolute atomic E-state index is 6.70. The van der Waals surface area contributed by atoms with Gasteiger partial charge in [0.2, 0.25) is 0 Å². The summed E-state index contributed by atoms with van der Waals surface area (Å²) in [6, 6.07) is 15.5. The van der Waals surface area contributed by atoms with E-state index in [9.17, 15) is 0 Å². The highest BCUT2D eigenvalue weighted by atomic mass is 79.9. The van der Waals surface area contributed by atoms with Crippen LogP contribution in [0.5, 0.6) is 0 Å². The third-order valence-corrected chi connectivity index (χ3v) is 5.88. The molecule has 0 saturated carbocycles. The lowest BCUT2D eigenvalue weighted by atomic mass is 9.90. The number of nitrogens with zero attached hydrogens (tertiary/aromatic N) is 1. The average Bonchev–Trinajstić information content (AvgIpc) is 2.94. The molecule has 1 aliphatic heterocycles. The average molecular weight is 398 g/mol. The zero-order valence-corrected chi connectivity index (χ0v) is 16.3. The molecule has 0 saturated heterocycles. The highest BCUT2D eigenvalue weighted by Crippen LogP contribution is 2.36. The smallest absolute Gasteiger partial charge is 0.0655 e. The van der Waals surface area contributed by atoms with Crippen molar-refractivity contribution in [3.63, 3.8) is 0 Å². The Balaban J connectivity index is 1.70. The van der Waals surface area contributed by atoms with Crippen molar-refractivity contribution < 1.29 is 0 Å². The molecule has 4 heteroatoms. The number of likely N-dealkylation sites (N-methyl/N-ethyl adjacent to an activating group) is 1. The Morgan fingerprint density at radius 1 is 1.24 bits per heavy atom. The predicted molar refractivity (Wildman–Crippen MR) is 108 cm³/mol. The minimum absolute atomic E-state index is 0.0586. The van der Waals surface area contributed by atoms with Gasteiger partial charge in [-0.25, -0.2) is 0 Å². The first-order valence-corrected chi connectivity index (χ1v) is 9.63. The van der Waals surface area contributed by atoms with Crippen LogP contribution < -0.4 is 5.73 Å². The Morgan fingerprint density at radius 2 is 2.00 bits per heavy atom. The zero-order valence-electron chi connectivity index (χ0n) is 14.7. The number of halogens is 1. The van der Waals surface area contributed by atoms with Gasteiger partial charge >= 0.3 is 0 Å². The standard InChI is InChI=1S/C21H24BrN3/c1-13-3-5-14(6-4-13)11-18(23)21-20-16(9-10-25(21)2)17-12-15(22)7-8-19(17)24-20/h3-8,12,18,21,24H,9-11,23H2,1-2H3/t18-,21-/m0/s1. The second kappa shape index (κ2) is 6.60. The van der Waals surface area contributed by atoms with E-state index in [1.165, 1.54) is 33.3 Å². The third kappa shape index (κ3) is 3.14. The summed E-state index contributed by atoms with van der Waals surface area (Å²) in [4.78, 5) is 6.05. The molecule has 2 heterocycles. The molecule has 2 atom stereocenters. The summed E-state index contributed by atoms with van der Waals surface area (Å²) in [6.45, 7) is 3.16. The van der Waals surface area contributed by atoms with Crippen LogP contribution in [0.3, 0.4) is 0 Å². The lowest BCUT2D eigenvalue weighted by Crippen LogP contribution is -2.44. The summed E-state index contributed by atoms with van der Waals surface area (Å²) in [7, 11) is 2.18. The molecule has 3 aromatic rings. The van der Waals surface area contributed by atoms with Gasteiger partial charge in [-0.15, -0.1) is 0 Å². The number of aryl methyl sites for hydroxylation is 1. The summed E-state index contributed by atoms with van der Waals surface area (Å²) in [5.74, 6) is 0. The van der Waals surface area contributed by atoms with E-state index in [2.05, 4.69) is 82.2 Å². The van der Waals surface area contributed by atoms with Gasteiger partial charge in [-0.3, -0.25) is 4.90 Å². The van der Waals surface area contributed by atoms with Crippen LogP contribution in [-0.2, 0) is 12.8 Å². The van der Waals surface area contributed by atoms with Crippen molar-refractivity contribution in [3.8, 4) is 0 Å². The molecule has 0 radical (unpaired) electrons. The van der Waals surface area contributed by atoms with Gasteiger partial charge < -0.3 is 10.7 Å². The number of hydrogen-bond donors (Lipinski definition) is 2. The number of nitrogens with two attached hydrogens (primary N) is 1. The van der Waals surface area contributed by atoms with Gasteiger partial charge in [0.25, 0.3) is 0 Å². The molecule has 2 aromatic carbocycles. The highest BCUT2D eigenvalue weighted by molar-refractivity contribution is 9.10. The summed E-state index contributed by atoms with van der Waals surface area (Å²) in [5, 5.41) is 1.32. The first-order chi connectivity index (χ1) is 12.0. The van der Waals surface area contributed by atoms with Gasteiger partial charge in [-0.05, 0) is 56.1 Å². The maximum Gasteiger partial charge on any atom is 0.0655 e. The molecule has 0 fully saturated rings. The Morgan fingerprint density at radius 3 is 2.76 bits per heavy atom. The van der Waals surface area contributed by atoms with Crippen LogP contribution in [0, 0.1) is 6.92 Å².